The highest BCUT2D eigenvalue weighted by Crippen LogP contribution is 2.27. The second-order valence-electron chi connectivity index (χ2n) is 5.21. The predicted molar refractivity (Wildman–Crippen MR) is 78.5 cm³/mol. The summed E-state index contributed by atoms with van der Waals surface area (Å²) in [6.07, 6.45) is 0.912. The molecule has 1 aliphatic heterocycles. The van der Waals surface area contributed by atoms with E-state index in [1.807, 2.05) is 14.0 Å². The van der Waals surface area contributed by atoms with E-state index in [0.717, 1.165) is 18.5 Å². The lowest BCUT2D eigenvalue weighted by Gasteiger charge is -2.17. The molecule has 5 nitrogen and oxygen atoms in total. The van der Waals surface area contributed by atoms with Crippen molar-refractivity contribution in [2.45, 2.75) is 18.2 Å². The highest BCUT2D eigenvalue weighted by Gasteiger charge is 2.32. The molecule has 0 spiro atoms. The first-order valence-electron chi connectivity index (χ1n) is 6.78. The lowest BCUT2D eigenvalue weighted by atomic mass is 10.1. The maximum Gasteiger partial charge on any atom is 0.243 e. The van der Waals surface area contributed by atoms with Gasteiger partial charge in [0.2, 0.25) is 10.0 Å². The molecule has 1 saturated heterocycles. The van der Waals surface area contributed by atoms with Gasteiger partial charge in [0.15, 0.2) is 0 Å². The number of sulfonamides is 1. The van der Waals surface area contributed by atoms with Crippen molar-refractivity contribution in [3.05, 3.63) is 23.8 Å². The van der Waals surface area contributed by atoms with Crippen LogP contribution in [-0.4, -0.2) is 46.5 Å². The van der Waals surface area contributed by atoms with Gasteiger partial charge in [-0.15, -0.1) is 0 Å². The summed E-state index contributed by atoms with van der Waals surface area (Å²) < 4.78 is 32.0. The van der Waals surface area contributed by atoms with Crippen LogP contribution in [0.15, 0.2) is 23.1 Å². The Bertz CT molecular complexity index is 572. The summed E-state index contributed by atoms with van der Waals surface area (Å²) >= 11 is 0. The Kier molecular flexibility index (Phi) is 4.67. The number of aryl methyl sites for hydroxylation is 1. The molecule has 6 heteroatoms. The maximum absolute atomic E-state index is 12.6. The van der Waals surface area contributed by atoms with E-state index < -0.39 is 10.0 Å². The summed E-state index contributed by atoms with van der Waals surface area (Å²) in [6, 6.07) is 5.01. The van der Waals surface area contributed by atoms with Gasteiger partial charge in [0, 0.05) is 13.1 Å². The average Bonchev–Trinajstić information content (AvgIpc) is 2.88. The second-order valence-corrected chi connectivity index (χ2v) is 7.14. The Labute approximate surface area is 121 Å². The fraction of sp³-hybridized carbons (Fsp3) is 0.571. The van der Waals surface area contributed by atoms with Gasteiger partial charge in [-0.3, -0.25) is 0 Å². The zero-order valence-corrected chi connectivity index (χ0v) is 13.0. The molecule has 1 unspecified atom stereocenters. The first-order valence-corrected chi connectivity index (χ1v) is 8.22. The van der Waals surface area contributed by atoms with Gasteiger partial charge in [0.1, 0.15) is 5.75 Å². The predicted octanol–water partition coefficient (Wildman–Crippen LogP) is 1.23. The first-order chi connectivity index (χ1) is 9.48. The second kappa shape index (κ2) is 6.11. The van der Waals surface area contributed by atoms with Crippen LogP contribution in [0.2, 0.25) is 0 Å². The monoisotopic (exact) mass is 298 g/mol. The summed E-state index contributed by atoms with van der Waals surface area (Å²) in [5.41, 5.74) is 0.833. The van der Waals surface area contributed by atoms with Gasteiger partial charge in [-0.1, -0.05) is 0 Å². The van der Waals surface area contributed by atoms with Crippen LogP contribution in [0.5, 0.6) is 5.75 Å². The Hall–Kier alpha value is -1.11. The van der Waals surface area contributed by atoms with Crippen molar-refractivity contribution >= 4 is 10.0 Å². The molecule has 1 aromatic carbocycles. The molecule has 20 heavy (non-hydrogen) atoms. The number of hydrogen-bond acceptors (Lipinski definition) is 4. The summed E-state index contributed by atoms with van der Waals surface area (Å²) in [7, 11) is 0.0881. The van der Waals surface area contributed by atoms with Gasteiger partial charge in [0.25, 0.3) is 0 Å². The van der Waals surface area contributed by atoms with E-state index in [2.05, 4.69) is 5.32 Å². The molecule has 1 aliphatic rings. The highest BCUT2D eigenvalue weighted by atomic mass is 32.2. The van der Waals surface area contributed by atoms with Crippen molar-refractivity contribution in [3.63, 3.8) is 0 Å². The fourth-order valence-corrected chi connectivity index (χ4v) is 4.25. The third-order valence-corrected chi connectivity index (χ3v) is 5.61. The molecule has 2 rings (SSSR count). The van der Waals surface area contributed by atoms with Crippen molar-refractivity contribution in [1.82, 2.24) is 9.62 Å². The number of nitrogens with zero attached hydrogens (tertiary/aromatic N) is 1. The molecule has 0 saturated carbocycles. The smallest absolute Gasteiger partial charge is 0.243 e. The molecular formula is C14H22N2O3S. The maximum atomic E-state index is 12.6. The molecule has 0 aromatic heterocycles. The van der Waals surface area contributed by atoms with Crippen molar-refractivity contribution in [2.75, 3.05) is 33.8 Å². The van der Waals surface area contributed by atoms with E-state index in [-0.39, 0.29) is 0 Å². The molecule has 1 N–H and O–H groups in total. The summed E-state index contributed by atoms with van der Waals surface area (Å²) in [6.45, 7) is 3.90. The molecule has 0 aliphatic carbocycles. The van der Waals surface area contributed by atoms with E-state index in [0.29, 0.717) is 29.7 Å². The first kappa shape index (κ1) is 15.3. The van der Waals surface area contributed by atoms with Crippen molar-refractivity contribution in [1.29, 1.82) is 0 Å². The van der Waals surface area contributed by atoms with Crippen LogP contribution in [0, 0.1) is 12.8 Å². The molecule has 0 bridgehead atoms. The van der Waals surface area contributed by atoms with Crippen LogP contribution in [-0.2, 0) is 10.0 Å². The number of nitrogens with one attached hydrogen (secondary N) is 1. The third kappa shape index (κ3) is 2.97. The van der Waals surface area contributed by atoms with E-state index in [1.165, 1.54) is 0 Å². The minimum atomic E-state index is -3.39. The minimum Gasteiger partial charge on any atom is -0.496 e. The summed E-state index contributed by atoms with van der Waals surface area (Å²) in [4.78, 5) is 0.348. The summed E-state index contributed by atoms with van der Waals surface area (Å²) in [5.74, 6) is 1.10. The van der Waals surface area contributed by atoms with Crippen LogP contribution in [0.3, 0.4) is 0 Å². The zero-order chi connectivity index (χ0) is 14.8. The molecule has 1 heterocycles. The van der Waals surface area contributed by atoms with Gasteiger partial charge < -0.3 is 10.1 Å². The van der Waals surface area contributed by atoms with Crippen molar-refractivity contribution in [3.8, 4) is 5.75 Å². The summed E-state index contributed by atoms with van der Waals surface area (Å²) in [5, 5.41) is 3.11. The SMILES string of the molecule is CNCC1CCN(S(=O)(=O)c2ccc(OC)c(C)c2)C1. The number of hydrogen-bond donors (Lipinski definition) is 1. The third-order valence-electron chi connectivity index (χ3n) is 3.75. The van der Waals surface area contributed by atoms with Gasteiger partial charge in [-0.05, 0) is 56.6 Å². The minimum absolute atomic E-state index is 0.348. The van der Waals surface area contributed by atoms with Crippen LogP contribution in [0.1, 0.15) is 12.0 Å². The Morgan fingerprint density at radius 2 is 2.20 bits per heavy atom. The zero-order valence-electron chi connectivity index (χ0n) is 12.2. The van der Waals surface area contributed by atoms with Gasteiger partial charge >= 0.3 is 0 Å². The largest absolute Gasteiger partial charge is 0.496 e. The molecule has 0 radical (unpaired) electrons. The number of benzene rings is 1. The molecule has 1 atom stereocenters. The molecular weight excluding hydrogens is 276 g/mol. The van der Waals surface area contributed by atoms with Gasteiger partial charge in [-0.2, -0.15) is 4.31 Å². The topological polar surface area (TPSA) is 58.6 Å². The van der Waals surface area contributed by atoms with Crippen molar-refractivity contribution in [2.24, 2.45) is 5.92 Å². The average molecular weight is 298 g/mol. The van der Waals surface area contributed by atoms with E-state index in [4.69, 9.17) is 4.74 Å². The molecule has 112 valence electrons. The van der Waals surface area contributed by atoms with Crippen LogP contribution < -0.4 is 10.1 Å². The quantitative estimate of drug-likeness (QED) is 0.888. The van der Waals surface area contributed by atoms with Crippen LogP contribution >= 0.6 is 0 Å². The number of rotatable bonds is 5. The Morgan fingerprint density at radius 3 is 2.80 bits per heavy atom. The van der Waals surface area contributed by atoms with Crippen LogP contribution in [0.4, 0.5) is 0 Å². The molecule has 0 amide bonds. The van der Waals surface area contributed by atoms with E-state index in [1.54, 1.807) is 29.6 Å². The van der Waals surface area contributed by atoms with Crippen molar-refractivity contribution < 1.29 is 13.2 Å². The Morgan fingerprint density at radius 1 is 1.45 bits per heavy atom. The van der Waals surface area contributed by atoms with Gasteiger partial charge in [0.05, 0.1) is 12.0 Å². The molecule has 1 fully saturated rings. The standard InChI is InChI=1S/C14H22N2O3S/c1-11-8-13(4-5-14(11)19-3)20(17,18)16-7-6-12(10-16)9-15-2/h4-5,8,12,15H,6-7,9-10H2,1-3H3. The Balaban J connectivity index is 2.21. The number of methoxy groups -OCH3 is 1. The van der Waals surface area contributed by atoms with E-state index >= 15 is 0 Å². The number of ether oxygens (including phenoxy) is 1. The van der Waals surface area contributed by atoms with E-state index in [9.17, 15) is 8.42 Å². The molecule has 1 aromatic rings. The van der Waals surface area contributed by atoms with Crippen LogP contribution in [0.25, 0.3) is 0 Å². The highest BCUT2D eigenvalue weighted by molar-refractivity contribution is 7.89. The fourth-order valence-electron chi connectivity index (χ4n) is 2.63. The lowest BCUT2D eigenvalue weighted by Crippen LogP contribution is -2.30. The normalized spacial score (nSPS) is 20.2. The van der Waals surface area contributed by atoms with Gasteiger partial charge in [-0.25, -0.2) is 8.42 Å². The lowest BCUT2D eigenvalue weighted by molar-refractivity contribution is 0.411.